The highest BCUT2D eigenvalue weighted by Crippen LogP contribution is 2.08. The van der Waals surface area contributed by atoms with E-state index in [1.165, 1.54) is 5.56 Å². The number of rotatable bonds is 3. The van der Waals surface area contributed by atoms with Crippen molar-refractivity contribution in [3.63, 3.8) is 0 Å². The number of imidazole rings is 1. The number of hydrogen-bond donors (Lipinski definition) is 1. The van der Waals surface area contributed by atoms with Gasteiger partial charge in [0.15, 0.2) is 0 Å². The predicted octanol–water partition coefficient (Wildman–Crippen LogP) is 2.34. The maximum atomic E-state index is 4.38. The summed E-state index contributed by atoms with van der Waals surface area (Å²) in [6.45, 7) is 2.81. The lowest BCUT2D eigenvalue weighted by atomic mass is 10.2. The summed E-state index contributed by atoms with van der Waals surface area (Å²) < 4.78 is 2.01. The number of hydrogen-bond acceptors (Lipinski definition) is 2. The summed E-state index contributed by atoms with van der Waals surface area (Å²) in [4.78, 5) is 4.38. The van der Waals surface area contributed by atoms with Gasteiger partial charge in [-0.3, -0.25) is 0 Å². The zero-order chi connectivity index (χ0) is 10.7. The van der Waals surface area contributed by atoms with E-state index >= 15 is 0 Å². The lowest BCUT2D eigenvalue weighted by Gasteiger charge is -2.01. The average Bonchev–Trinajstić information content (AvgIpc) is 2.57. The molecule has 0 fully saturated rings. The minimum Gasteiger partial charge on any atom is -0.365 e. The van der Waals surface area contributed by atoms with Crippen LogP contribution in [0, 0.1) is 6.92 Å². The third-order valence-corrected chi connectivity index (χ3v) is 2.43. The lowest BCUT2D eigenvalue weighted by Crippen LogP contribution is -1.98. The van der Waals surface area contributed by atoms with E-state index in [1.54, 1.807) is 0 Å². The summed E-state index contributed by atoms with van der Waals surface area (Å²) in [6.07, 6.45) is 2.00. The molecule has 0 aliphatic carbocycles. The Balaban J connectivity index is 1.99. The first-order valence-corrected chi connectivity index (χ1v) is 5.03. The van der Waals surface area contributed by atoms with Crippen LogP contribution in [-0.4, -0.2) is 9.55 Å². The van der Waals surface area contributed by atoms with Crippen LogP contribution in [0.5, 0.6) is 0 Å². The summed E-state index contributed by atoms with van der Waals surface area (Å²) in [5.41, 5.74) is 1.26. The SMILES string of the molecule is Cc1nc(NCc2ccccc2)cn1C. The molecule has 1 heterocycles. The second-order valence-corrected chi connectivity index (χ2v) is 3.62. The first kappa shape index (κ1) is 9.77. The number of aromatic nitrogens is 2. The van der Waals surface area contributed by atoms with Crippen LogP contribution in [0.1, 0.15) is 11.4 Å². The van der Waals surface area contributed by atoms with Crippen LogP contribution in [0.15, 0.2) is 36.5 Å². The van der Waals surface area contributed by atoms with E-state index in [1.807, 2.05) is 42.9 Å². The summed E-state index contributed by atoms with van der Waals surface area (Å²) in [5, 5.41) is 3.29. The summed E-state index contributed by atoms with van der Waals surface area (Å²) in [6, 6.07) is 10.3. The highest BCUT2D eigenvalue weighted by molar-refractivity contribution is 5.34. The average molecular weight is 201 g/mol. The van der Waals surface area contributed by atoms with Gasteiger partial charge in [-0.05, 0) is 12.5 Å². The van der Waals surface area contributed by atoms with Crippen molar-refractivity contribution in [2.45, 2.75) is 13.5 Å². The molecule has 1 aromatic carbocycles. The smallest absolute Gasteiger partial charge is 0.144 e. The zero-order valence-corrected chi connectivity index (χ0v) is 9.07. The molecule has 1 N–H and O–H groups in total. The second-order valence-electron chi connectivity index (χ2n) is 3.62. The molecule has 0 saturated carbocycles. The van der Waals surface area contributed by atoms with E-state index in [0.29, 0.717) is 0 Å². The van der Waals surface area contributed by atoms with E-state index in [9.17, 15) is 0 Å². The van der Waals surface area contributed by atoms with Crippen LogP contribution in [0.25, 0.3) is 0 Å². The Hall–Kier alpha value is -1.77. The van der Waals surface area contributed by atoms with E-state index in [4.69, 9.17) is 0 Å². The van der Waals surface area contributed by atoms with Crippen molar-refractivity contribution in [3.8, 4) is 0 Å². The van der Waals surface area contributed by atoms with Gasteiger partial charge in [-0.2, -0.15) is 0 Å². The molecule has 3 heteroatoms. The van der Waals surface area contributed by atoms with Crippen LogP contribution >= 0.6 is 0 Å². The molecule has 2 rings (SSSR count). The topological polar surface area (TPSA) is 29.9 Å². The van der Waals surface area contributed by atoms with E-state index in [-0.39, 0.29) is 0 Å². The molecular weight excluding hydrogens is 186 g/mol. The largest absolute Gasteiger partial charge is 0.365 e. The van der Waals surface area contributed by atoms with Crippen molar-refractivity contribution in [2.24, 2.45) is 7.05 Å². The van der Waals surface area contributed by atoms with Crippen LogP contribution in [-0.2, 0) is 13.6 Å². The molecule has 1 aromatic heterocycles. The molecule has 0 aliphatic rings. The first-order valence-electron chi connectivity index (χ1n) is 5.03. The molecule has 0 amide bonds. The summed E-state index contributed by atoms with van der Waals surface area (Å²) in [5.74, 6) is 1.95. The fourth-order valence-corrected chi connectivity index (χ4v) is 1.43. The molecule has 78 valence electrons. The van der Waals surface area contributed by atoms with Crippen LogP contribution in [0.3, 0.4) is 0 Å². The van der Waals surface area contributed by atoms with Crippen molar-refractivity contribution in [2.75, 3.05) is 5.32 Å². The van der Waals surface area contributed by atoms with Gasteiger partial charge in [-0.15, -0.1) is 0 Å². The van der Waals surface area contributed by atoms with Gasteiger partial charge < -0.3 is 9.88 Å². The number of benzene rings is 1. The van der Waals surface area contributed by atoms with E-state index < -0.39 is 0 Å². The minimum atomic E-state index is 0.817. The molecular formula is C12H15N3. The highest BCUT2D eigenvalue weighted by Gasteiger charge is 1.99. The van der Waals surface area contributed by atoms with Gasteiger partial charge in [0, 0.05) is 19.8 Å². The molecule has 0 saturated heterocycles. The summed E-state index contributed by atoms with van der Waals surface area (Å²) >= 11 is 0. The Bertz CT molecular complexity index is 412. The molecule has 0 radical (unpaired) electrons. The quantitative estimate of drug-likeness (QED) is 0.826. The third kappa shape index (κ3) is 2.37. The Morgan fingerprint density at radius 2 is 2.00 bits per heavy atom. The predicted molar refractivity (Wildman–Crippen MR) is 61.7 cm³/mol. The van der Waals surface area contributed by atoms with Gasteiger partial charge in [0.2, 0.25) is 0 Å². The van der Waals surface area contributed by atoms with Crippen LogP contribution < -0.4 is 5.32 Å². The maximum absolute atomic E-state index is 4.38. The zero-order valence-electron chi connectivity index (χ0n) is 9.07. The minimum absolute atomic E-state index is 0.817. The van der Waals surface area contributed by atoms with E-state index in [2.05, 4.69) is 22.4 Å². The number of anilines is 1. The second kappa shape index (κ2) is 4.17. The molecule has 0 unspecified atom stereocenters. The standard InChI is InChI=1S/C12H15N3/c1-10-14-12(9-15(10)2)13-8-11-6-4-3-5-7-11/h3-7,9,13H,8H2,1-2H3. The Labute approximate surface area is 89.8 Å². The molecule has 0 atom stereocenters. The number of nitrogens with zero attached hydrogens (tertiary/aromatic N) is 2. The molecule has 0 bridgehead atoms. The normalized spacial score (nSPS) is 10.3. The summed E-state index contributed by atoms with van der Waals surface area (Å²) in [7, 11) is 2.00. The Kier molecular flexibility index (Phi) is 2.72. The highest BCUT2D eigenvalue weighted by atomic mass is 15.1. The van der Waals surface area contributed by atoms with Gasteiger partial charge >= 0.3 is 0 Å². The van der Waals surface area contributed by atoms with E-state index in [0.717, 1.165) is 18.2 Å². The van der Waals surface area contributed by atoms with Crippen molar-refractivity contribution in [3.05, 3.63) is 47.9 Å². The lowest BCUT2D eigenvalue weighted by molar-refractivity contribution is 0.858. The van der Waals surface area contributed by atoms with Crippen molar-refractivity contribution >= 4 is 5.82 Å². The maximum Gasteiger partial charge on any atom is 0.144 e. The fraction of sp³-hybridized carbons (Fsp3) is 0.250. The van der Waals surface area contributed by atoms with Gasteiger partial charge in [-0.25, -0.2) is 4.98 Å². The first-order chi connectivity index (χ1) is 7.25. The molecule has 15 heavy (non-hydrogen) atoms. The molecule has 0 spiro atoms. The molecule has 0 aliphatic heterocycles. The monoisotopic (exact) mass is 201 g/mol. The van der Waals surface area contributed by atoms with Crippen molar-refractivity contribution in [1.82, 2.24) is 9.55 Å². The van der Waals surface area contributed by atoms with Crippen LogP contribution in [0.2, 0.25) is 0 Å². The fourth-order valence-electron chi connectivity index (χ4n) is 1.43. The third-order valence-electron chi connectivity index (χ3n) is 2.43. The molecule has 2 aromatic rings. The van der Waals surface area contributed by atoms with Gasteiger partial charge in [-0.1, -0.05) is 30.3 Å². The Morgan fingerprint density at radius 1 is 1.27 bits per heavy atom. The number of aryl methyl sites for hydroxylation is 2. The number of nitrogens with one attached hydrogen (secondary N) is 1. The van der Waals surface area contributed by atoms with Gasteiger partial charge in [0.1, 0.15) is 11.6 Å². The van der Waals surface area contributed by atoms with Gasteiger partial charge in [0.05, 0.1) is 0 Å². The molecule has 3 nitrogen and oxygen atoms in total. The van der Waals surface area contributed by atoms with Crippen LogP contribution in [0.4, 0.5) is 5.82 Å². The van der Waals surface area contributed by atoms with Crippen molar-refractivity contribution in [1.29, 1.82) is 0 Å². The Morgan fingerprint density at radius 3 is 2.60 bits per heavy atom. The van der Waals surface area contributed by atoms with Gasteiger partial charge in [0.25, 0.3) is 0 Å². The van der Waals surface area contributed by atoms with Crippen molar-refractivity contribution < 1.29 is 0 Å².